The molecule has 0 aromatic rings. The molecule has 0 N–H and O–H groups in total. The van der Waals surface area contributed by atoms with Gasteiger partial charge in [-0.15, -0.1) is 0 Å². The molecule has 2 rings (SSSR count). The average Bonchev–Trinajstić information content (AvgIpc) is 3.04. The zero-order valence-electron chi connectivity index (χ0n) is 10.5. The van der Waals surface area contributed by atoms with Crippen LogP contribution in [-0.2, 0) is 4.79 Å². The number of hydrogen-bond donors (Lipinski definition) is 0. The molecule has 0 aromatic heterocycles. The van der Waals surface area contributed by atoms with Crippen molar-refractivity contribution in [1.82, 2.24) is 4.90 Å². The molecule has 1 saturated carbocycles. The van der Waals surface area contributed by atoms with Crippen molar-refractivity contribution < 1.29 is 4.79 Å². The zero-order chi connectivity index (χ0) is 11.6. The van der Waals surface area contributed by atoms with Gasteiger partial charge in [0.15, 0.2) is 0 Å². The summed E-state index contributed by atoms with van der Waals surface area (Å²) < 4.78 is 0. The topological polar surface area (TPSA) is 20.3 Å². The van der Waals surface area contributed by atoms with Crippen LogP contribution in [0.15, 0.2) is 12.2 Å². The summed E-state index contributed by atoms with van der Waals surface area (Å²) in [5, 5.41) is 0. The number of carbonyl (C=O) groups excluding carboxylic acids is 1. The normalized spacial score (nSPS) is 31.4. The van der Waals surface area contributed by atoms with E-state index in [4.69, 9.17) is 0 Å². The molecule has 1 unspecified atom stereocenters. The Morgan fingerprint density at radius 3 is 2.88 bits per heavy atom. The maximum absolute atomic E-state index is 12.4. The Morgan fingerprint density at radius 2 is 2.25 bits per heavy atom. The third-order valence-electron chi connectivity index (χ3n) is 3.96. The molecule has 1 atom stereocenters. The van der Waals surface area contributed by atoms with Crippen molar-refractivity contribution in [2.45, 2.75) is 46.0 Å². The highest BCUT2D eigenvalue weighted by atomic mass is 16.2. The van der Waals surface area contributed by atoms with Crippen molar-refractivity contribution >= 4 is 5.91 Å². The monoisotopic (exact) mass is 221 g/mol. The lowest BCUT2D eigenvalue weighted by Gasteiger charge is -2.39. The fraction of sp³-hybridized carbons (Fsp3) is 0.786. The van der Waals surface area contributed by atoms with Crippen LogP contribution in [0.3, 0.4) is 0 Å². The van der Waals surface area contributed by atoms with E-state index in [1.165, 1.54) is 19.3 Å². The van der Waals surface area contributed by atoms with Crippen molar-refractivity contribution in [3.63, 3.8) is 0 Å². The second-order valence-corrected chi connectivity index (χ2v) is 5.63. The van der Waals surface area contributed by atoms with Gasteiger partial charge in [0.25, 0.3) is 0 Å². The quantitative estimate of drug-likeness (QED) is 0.668. The molecule has 1 aliphatic heterocycles. The molecule has 0 bridgehead atoms. The van der Waals surface area contributed by atoms with Crippen LogP contribution in [-0.4, -0.2) is 23.9 Å². The summed E-state index contributed by atoms with van der Waals surface area (Å²) in [6.07, 6.45) is 10.2. The van der Waals surface area contributed by atoms with Crippen LogP contribution in [0.4, 0.5) is 0 Å². The molecule has 2 nitrogen and oxygen atoms in total. The van der Waals surface area contributed by atoms with Gasteiger partial charge >= 0.3 is 0 Å². The summed E-state index contributed by atoms with van der Waals surface area (Å²) >= 11 is 0. The number of allylic oxidation sites excluding steroid dienone is 1. The molecule has 0 aromatic carbocycles. The van der Waals surface area contributed by atoms with Gasteiger partial charge in [-0.05, 0) is 32.1 Å². The van der Waals surface area contributed by atoms with E-state index in [0.717, 1.165) is 31.8 Å². The average molecular weight is 221 g/mol. The van der Waals surface area contributed by atoms with E-state index in [1.807, 2.05) is 17.9 Å². The molecule has 16 heavy (non-hydrogen) atoms. The lowest BCUT2D eigenvalue weighted by atomic mass is 9.76. The van der Waals surface area contributed by atoms with Crippen molar-refractivity contribution in [1.29, 1.82) is 0 Å². The number of hydrogen-bond acceptors (Lipinski definition) is 1. The molecular weight excluding hydrogens is 198 g/mol. The fourth-order valence-corrected chi connectivity index (χ4v) is 2.81. The highest BCUT2D eigenvalue weighted by Crippen LogP contribution is 2.44. The Hall–Kier alpha value is -0.790. The summed E-state index contributed by atoms with van der Waals surface area (Å²) in [4.78, 5) is 14.4. The van der Waals surface area contributed by atoms with E-state index >= 15 is 0 Å². The predicted molar refractivity (Wildman–Crippen MR) is 66.1 cm³/mol. The van der Waals surface area contributed by atoms with Crippen molar-refractivity contribution in [2.75, 3.05) is 13.1 Å². The minimum Gasteiger partial charge on any atom is -0.339 e. The van der Waals surface area contributed by atoms with Gasteiger partial charge in [0.05, 0.1) is 0 Å². The molecule has 2 fully saturated rings. The Bertz CT molecular complexity index is 293. The summed E-state index contributed by atoms with van der Waals surface area (Å²) in [7, 11) is 0. The second-order valence-electron chi connectivity index (χ2n) is 5.63. The third kappa shape index (κ3) is 2.47. The van der Waals surface area contributed by atoms with Crippen LogP contribution in [0.2, 0.25) is 0 Å². The van der Waals surface area contributed by atoms with Crippen LogP contribution in [0, 0.1) is 11.3 Å². The first-order valence-corrected chi connectivity index (χ1v) is 6.56. The highest BCUT2D eigenvalue weighted by Gasteiger charge is 2.42. The summed E-state index contributed by atoms with van der Waals surface area (Å²) in [5.41, 5.74) is -0.0546. The third-order valence-corrected chi connectivity index (χ3v) is 3.96. The molecule has 1 aliphatic carbocycles. The van der Waals surface area contributed by atoms with Gasteiger partial charge in [0.2, 0.25) is 5.91 Å². The van der Waals surface area contributed by atoms with Gasteiger partial charge in [0.1, 0.15) is 0 Å². The first kappa shape index (κ1) is 11.7. The SMILES string of the molecule is CC=CCN1CCCC(C)(CC2CC2)C1=O. The number of rotatable bonds is 4. The van der Waals surface area contributed by atoms with Crippen LogP contribution >= 0.6 is 0 Å². The van der Waals surface area contributed by atoms with Crippen molar-refractivity contribution in [3.05, 3.63) is 12.2 Å². The van der Waals surface area contributed by atoms with E-state index in [2.05, 4.69) is 13.0 Å². The Balaban J connectivity index is 1.99. The molecule has 1 heterocycles. The minimum atomic E-state index is -0.0546. The van der Waals surface area contributed by atoms with Crippen LogP contribution < -0.4 is 0 Å². The Morgan fingerprint density at radius 1 is 1.50 bits per heavy atom. The summed E-state index contributed by atoms with van der Waals surface area (Å²) in [6.45, 7) is 5.94. The van der Waals surface area contributed by atoms with Gasteiger partial charge in [-0.3, -0.25) is 4.79 Å². The standard InChI is InChI=1S/C14H23NO/c1-3-4-9-15-10-5-8-14(2,13(15)16)11-12-6-7-12/h3-4,12H,5-11H2,1-2H3. The van der Waals surface area contributed by atoms with Gasteiger partial charge in [-0.1, -0.05) is 31.9 Å². The molecule has 90 valence electrons. The number of likely N-dealkylation sites (tertiary alicyclic amines) is 1. The van der Waals surface area contributed by atoms with E-state index in [-0.39, 0.29) is 5.41 Å². The van der Waals surface area contributed by atoms with E-state index in [1.54, 1.807) is 0 Å². The van der Waals surface area contributed by atoms with E-state index in [0.29, 0.717) is 5.91 Å². The predicted octanol–water partition coefficient (Wildman–Crippen LogP) is 2.99. The van der Waals surface area contributed by atoms with Gasteiger partial charge in [-0.2, -0.15) is 0 Å². The molecule has 0 spiro atoms. The smallest absolute Gasteiger partial charge is 0.228 e. The van der Waals surface area contributed by atoms with Gasteiger partial charge in [0, 0.05) is 18.5 Å². The maximum atomic E-state index is 12.4. The number of nitrogens with zero attached hydrogens (tertiary/aromatic N) is 1. The lowest BCUT2D eigenvalue weighted by molar-refractivity contribution is -0.145. The zero-order valence-corrected chi connectivity index (χ0v) is 10.5. The Kier molecular flexibility index (Phi) is 3.36. The lowest BCUT2D eigenvalue weighted by Crippen LogP contribution is -2.47. The summed E-state index contributed by atoms with van der Waals surface area (Å²) in [6, 6.07) is 0. The minimum absolute atomic E-state index is 0.0546. The van der Waals surface area contributed by atoms with Crippen LogP contribution in [0.25, 0.3) is 0 Å². The number of amides is 1. The fourth-order valence-electron chi connectivity index (χ4n) is 2.81. The molecule has 2 aliphatic rings. The first-order valence-electron chi connectivity index (χ1n) is 6.56. The van der Waals surface area contributed by atoms with Crippen LogP contribution in [0.5, 0.6) is 0 Å². The molecular formula is C14H23NO. The number of piperidine rings is 1. The summed E-state index contributed by atoms with van der Waals surface area (Å²) in [5.74, 6) is 1.24. The van der Waals surface area contributed by atoms with E-state index in [9.17, 15) is 4.79 Å². The molecule has 1 saturated heterocycles. The van der Waals surface area contributed by atoms with Crippen molar-refractivity contribution in [2.24, 2.45) is 11.3 Å². The Labute approximate surface area is 98.7 Å². The largest absolute Gasteiger partial charge is 0.339 e. The van der Waals surface area contributed by atoms with Gasteiger partial charge < -0.3 is 4.90 Å². The maximum Gasteiger partial charge on any atom is 0.228 e. The van der Waals surface area contributed by atoms with Gasteiger partial charge in [-0.25, -0.2) is 0 Å². The van der Waals surface area contributed by atoms with E-state index < -0.39 is 0 Å². The molecule has 2 heteroatoms. The van der Waals surface area contributed by atoms with Crippen LogP contribution in [0.1, 0.15) is 46.0 Å². The van der Waals surface area contributed by atoms with Crippen molar-refractivity contribution in [3.8, 4) is 0 Å². The first-order chi connectivity index (χ1) is 7.65. The second kappa shape index (κ2) is 4.60. The number of carbonyl (C=O) groups is 1. The molecule has 1 amide bonds. The molecule has 0 radical (unpaired) electrons. The highest BCUT2D eigenvalue weighted by molar-refractivity contribution is 5.83.